The number of fused-ring (bicyclic) bond motifs is 3. The van der Waals surface area contributed by atoms with E-state index in [-0.39, 0.29) is 18.2 Å². The van der Waals surface area contributed by atoms with Crippen molar-refractivity contribution in [2.45, 2.75) is 29.5 Å². The highest BCUT2D eigenvalue weighted by Gasteiger charge is 2.62. The molecular formula is C19H19F2N3O2S. The summed E-state index contributed by atoms with van der Waals surface area (Å²) >= 11 is 1.75. The Morgan fingerprint density at radius 1 is 1.41 bits per heavy atom. The molecule has 4 aliphatic rings. The van der Waals surface area contributed by atoms with Gasteiger partial charge in [0.1, 0.15) is 23.4 Å². The lowest BCUT2D eigenvalue weighted by atomic mass is 9.81. The lowest BCUT2D eigenvalue weighted by Gasteiger charge is -2.47. The molecule has 6 atom stereocenters. The summed E-state index contributed by atoms with van der Waals surface area (Å²) in [5.74, 6) is -1.78. The molecule has 2 aliphatic heterocycles. The van der Waals surface area contributed by atoms with E-state index in [1.165, 1.54) is 6.07 Å². The summed E-state index contributed by atoms with van der Waals surface area (Å²) in [5.41, 5.74) is 1.01. The second-order valence-electron chi connectivity index (χ2n) is 7.46. The van der Waals surface area contributed by atoms with Crippen LogP contribution in [0.2, 0.25) is 0 Å². The van der Waals surface area contributed by atoms with E-state index < -0.39 is 29.3 Å². The normalized spacial score (nSPS) is 38.5. The average molecular weight is 391 g/mol. The molecule has 1 saturated heterocycles. The van der Waals surface area contributed by atoms with E-state index in [0.29, 0.717) is 17.1 Å². The smallest absolute Gasteiger partial charge is 0.257 e. The number of aliphatic imine (C=N–C) groups is 1. The highest BCUT2D eigenvalue weighted by molar-refractivity contribution is 8.12. The largest absolute Gasteiger partial charge is 0.351 e. The van der Waals surface area contributed by atoms with Gasteiger partial charge in [0, 0.05) is 17.2 Å². The second kappa shape index (κ2) is 6.39. The molecule has 6 unspecified atom stereocenters. The Hall–Kier alpha value is -1.77. The maximum Gasteiger partial charge on any atom is 0.257 e. The molecule has 2 fully saturated rings. The van der Waals surface area contributed by atoms with Gasteiger partial charge in [0.05, 0.1) is 24.2 Å². The summed E-state index contributed by atoms with van der Waals surface area (Å²) < 4.78 is 33.9. The van der Waals surface area contributed by atoms with Crippen LogP contribution in [0.25, 0.3) is 0 Å². The maximum atomic E-state index is 13.8. The number of amides is 1. The molecule has 3 bridgehead atoms. The van der Waals surface area contributed by atoms with Crippen LogP contribution < -0.4 is 10.6 Å². The van der Waals surface area contributed by atoms with Gasteiger partial charge >= 0.3 is 0 Å². The molecule has 2 aliphatic carbocycles. The van der Waals surface area contributed by atoms with E-state index in [0.717, 1.165) is 25.1 Å². The van der Waals surface area contributed by atoms with Crippen LogP contribution in [0.3, 0.4) is 0 Å². The minimum absolute atomic E-state index is 0.145. The first kappa shape index (κ1) is 17.3. The molecular weight excluding hydrogens is 372 g/mol. The quantitative estimate of drug-likeness (QED) is 0.772. The van der Waals surface area contributed by atoms with Crippen LogP contribution in [0.15, 0.2) is 35.3 Å². The third-order valence-corrected chi connectivity index (χ3v) is 7.03. The topological polar surface area (TPSA) is 62.7 Å². The lowest BCUT2D eigenvalue weighted by molar-refractivity contribution is -0.130. The van der Waals surface area contributed by atoms with Crippen molar-refractivity contribution in [1.82, 2.24) is 10.6 Å². The van der Waals surface area contributed by atoms with Gasteiger partial charge in [-0.3, -0.25) is 15.1 Å². The number of hydrogen-bond donors (Lipinski definition) is 2. The van der Waals surface area contributed by atoms with Gasteiger partial charge in [0.25, 0.3) is 5.91 Å². The van der Waals surface area contributed by atoms with Crippen LogP contribution in [0, 0.1) is 23.5 Å². The van der Waals surface area contributed by atoms with Gasteiger partial charge in [-0.05, 0) is 24.5 Å². The SMILES string of the molecule is O=C(NCC1NC2C3C=CC(C3)(O1)C2C1CN=CS1)c1c(F)cccc1F. The highest BCUT2D eigenvalue weighted by atomic mass is 32.2. The molecule has 5 nitrogen and oxygen atoms in total. The predicted octanol–water partition coefficient (Wildman–Crippen LogP) is 2.10. The zero-order valence-corrected chi connectivity index (χ0v) is 15.2. The van der Waals surface area contributed by atoms with Crippen LogP contribution in [0.5, 0.6) is 0 Å². The van der Waals surface area contributed by atoms with Crippen molar-refractivity contribution in [2.75, 3.05) is 13.1 Å². The van der Waals surface area contributed by atoms with Crippen molar-refractivity contribution in [3.63, 3.8) is 0 Å². The first-order valence-corrected chi connectivity index (χ1v) is 10.0. The van der Waals surface area contributed by atoms with Gasteiger partial charge in [-0.2, -0.15) is 0 Å². The summed E-state index contributed by atoms with van der Waals surface area (Å²) in [7, 11) is 0. The van der Waals surface area contributed by atoms with E-state index in [2.05, 4.69) is 27.8 Å². The van der Waals surface area contributed by atoms with Crippen LogP contribution in [-0.2, 0) is 4.74 Å². The summed E-state index contributed by atoms with van der Waals surface area (Å²) in [5, 5.41) is 6.48. The van der Waals surface area contributed by atoms with Crippen molar-refractivity contribution in [3.8, 4) is 0 Å². The Kier molecular flexibility index (Phi) is 4.10. The number of ether oxygens (including phenoxy) is 1. The second-order valence-corrected chi connectivity index (χ2v) is 8.55. The number of carbonyl (C=O) groups is 1. The fourth-order valence-corrected chi connectivity index (χ4v) is 5.98. The van der Waals surface area contributed by atoms with E-state index >= 15 is 0 Å². The van der Waals surface area contributed by atoms with E-state index in [4.69, 9.17) is 4.74 Å². The zero-order valence-electron chi connectivity index (χ0n) is 14.4. The summed E-state index contributed by atoms with van der Waals surface area (Å²) in [4.78, 5) is 16.6. The van der Waals surface area contributed by atoms with Gasteiger partial charge in [-0.25, -0.2) is 8.78 Å². The molecule has 0 radical (unpaired) electrons. The third kappa shape index (κ3) is 2.73. The minimum atomic E-state index is -0.871. The first-order chi connectivity index (χ1) is 13.1. The van der Waals surface area contributed by atoms with Gasteiger partial charge < -0.3 is 10.1 Å². The molecule has 1 spiro atoms. The van der Waals surface area contributed by atoms with Gasteiger partial charge in [-0.15, -0.1) is 11.8 Å². The molecule has 0 aromatic heterocycles. The summed E-state index contributed by atoms with van der Waals surface area (Å²) in [6.07, 6.45) is 4.90. The molecule has 1 aromatic rings. The van der Waals surface area contributed by atoms with E-state index in [9.17, 15) is 13.6 Å². The number of benzene rings is 1. The molecule has 1 amide bonds. The molecule has 1 saturated carbocycles. The molecule has 1 aromatic carbocycles. The van der Waals surface area contributed by atoms with Crippen molar-refractivity contribution in [1.29, 1.82) is 0 Å². The fourth-order valence-electron chi connectivity index (χ4n) is 4.91. The maximum absolute atomic E-state index is 13.8. The van der Waals surface area contributed by atoms with Gasteiger partial charge in [-0.1, -0.05) is 18.2 Å². The van der Waals surface area contributed by atoms with Crippen molar-refractivity contribution >= 4 is 23.2 Å². The predicted molar refractivity (Wildman–Crippen MR) is 98.7 cm³/mol. The molecule has 5 rings (SSSR count). The third-order valence-electron chi connectivity index (χ3n) is 5.97. The lowest BCUT2D eigenvalue weighted by Crippen LogP contribution is -2.63. The van der Waals surface area contributed by atoms with Crippen LogP contribution in [-0.4, -0.2) is 47.7 Å². The fraction of sp³-hybridized carbons (Fsp3) is 0.474. The summed E-state index contributed by atoms with van der Waals surface area (Å²) in [6.45, 7) is 0.944. The molecule has 2 N–H and O–H groups in total. The van der Waals surface area contributed by atoms with Crippen LogP contribution >= 0.6 is 11.8 Å². The molecule has 142 valence electrons. The molecule has 8 heteroatoms. The van der Waals surface area contributed by atoms with Crippen molar-refractivity contribution in [3.05, 3.63) is 47.5 Å². The molecule has 2 heterocycles. The number of nitrogens with zero attached hydrogens (tertiary/aromatic N) is 1. The number of nitrogens with one attached hydrogen (secondary N) is 2. The minimum Gasteiger partial charge on any atom is -0.351 e. The van der Waals surface area contributed by atoms with Crippen molar-refractivity contribution < 1.29 is 18.3 Å². The molecule has 27 heavy (non-hydrogen) atoms. The van der Waals surface area contributed by atoms with E-state index in [1.807, 2.05) is 5.55 Å². The average Bonchev–Trinajstić information content (AvgIpc) is 3.33. The van der Waals surface area contributed by atoms with Crippen LogP contribution in [0.4, 0.5) is 8.78 Å². The Bertz CT molecular complexity index is 820. The van der Waals surface area contributed by atoms with Gasteiger partial charge in [0.2, 0.25) is 0 Å². The van der Waals surface area contributed by atoms with Gasteiger partial charge in [0.15, 0.2) is 0 Å². The summed E-state index contributed by atoms with van der Waals surface area (Å²) in [6, 6.07) is 3.64. The van der Waals surface area contributed by atoms with Crippen molar-refractivity contribution in [2.24, 2.45) is 16.8 Å². The standard InChI is InChI=1S/C19H19F2N3O2S/c20-11-2-1-3-12(21)15(11)18(25)23-8-14-24-17-10-4-5-19(6-10,26-14)16(17)13-7-22-9-27-13/h1-5,9-10,13-14,16-17,24H,6-8H2,(H,23,25). The number of thioether (sulfide) groups is 1. The number of halogens is 2. The number of rotatable bonds is 4. The monoisotopic (exact) mass is 391 g/mol. The highest BCUT2D eigenvalue weighted by Crippen LogP contribution is 2.55. The number of carbonyl (C=O) groups excluding carboxylic acids is 1. The Morgan fingerprint density at radius 3 is 2.93 bits per heavy atom. The Morgan fingerprint density at radius 2 is 2.22 bits per heavy atom. The Balaban J connectivity index is 1.28. The Labute approximate surface area is 159 Å². The number of hydrogen-bond acceptors (Lipinski definition) is 5. The zero-order chi connectivity index (χ0) is 18.6. The first-order valence-electron chi connectivity index (χ1n) is 9.06. The van der Waals surface area contributed by atoms with Crippen LogP contribution in [0.1, 0.15) is 16.8 Å². The van der Waals surface area contributed by atoms with E-state index in [1.54, 1.807) is 11.8 Å².